The fourth-order valence-electron chi connectivity index (χ4n) is 2.89. The monoisotopic (exact) mass is 452 g/mol. The number of nitrogens with one attached hydrogen (secondary N) is 1. The third kappa shape index (κ3) is 8.22. The zero-order valence-electron chi connectivity index (χ0n) is 16.7. The van der Waals surface area contributed by atoms with E-state index in [0.29, 0.717) is 50.1 Å². The Morgan fingerprint density at radius 2 is 1.74 bits per heavy atom. The summed E-state index contributed by atoms with van der Waals surface area (Å²) in [6.45, 7) is 1.06. The van der Waals surface area contributed by atoms with Crippen molar-refractivity contribution < 1.29 is 23.9 Å². The van der Waals surface area contributed by atoms with Crippen molar-refractivity contribution in [2.24, 2.45) is 0 Å². The molecule has 1 heterocycles. The maximum atomic E-state index is 12.0. The van der Waals surface area contributed by atoms with Crippen LogP contribution in [0.3, 0.4) is 0 Å². The molecule has 2 amide bonds. The van der Waals surface area contributed by atoms with Crippen molar-refractivity contribution in [3.8, 4) is 5.75 Å². The number of amides is 2. The fraction of sp³-hybridized carbons (Fsp3) is 0.318. The molecule has 1 aliphatic heterocycles. The molecule has 3 rings (SSSR count). The van der Waals surface area contributed by atoms with Crippen molar-refractivity contribution in [1.82, 2.24) is 10.2 Å². The molecule has 1 fully saturated rings. The second-order valence-electron chi connectivity index (χ2n) is 6.87. The van der Waals surface area contributed by atoms with Gasteiger partial charge in [-0.1, -0.05) is 42.5 Å². The van der Waals surface area contributed by atoms with E-state index in [4.69, 9.17) is 9.47 Å². The summed E-state index contributed by atoms with van der Waals surface area (Å²) in [5, 5.41) is 2.19. The predicted octanol–water partition coefficient (Wildman–Crippen LogP) is 2.62. The van der Waals surface area contributed by atoms with Gasteiger partial charge in [-0.3, -0.25) is 9.59 Å². The van der Waals surface area contributed by atoms with Crippen molar-refractivity contribution >= 4 is 57.8 Å². The number of ether oxygens (including phenoxy) is 2. The first-order valence-corrected chi connectivity index (χ1v) is 10.5. The standard InChI is InChI=1S/C22H24N2O5S.Na.H/c1-24(22(27)29-13-11-16-5-3-2-4-6-16)12-14-28-18-9-7-17(8-10-18)15-19-20(25)30-21(26)23-19;;/h2-10,19H,11-15H2,1H3,(H,23,26);;. The number of thioether (sulfide) groups is 1. The van der Waals surface area contributed by atoms with Gasteiger partial charge in [-0.2, -0.15) is 0 Å². The molecule has 0 aliphatic carbocycles. The summed E-state index contributed by atoms with van der Waals surface area (Å²) in [5.74, 6) is 0.667. The van der Waals surface area contributed by atoms with Crippen molar-refractivity contribution in [2.45, 2.75) is 18.9 Å². The Morgan fingerprint density at radius 1 is 1.03 bits per heavy atom. The number of benzene rings is 2. The van der Waals surface area contributed by atoms with Gasteiger partial charge in [0.1, 0.15) is 18.4 Å². The molecule has 0 bridgehead atoms. The molecule has 31 heavy (non-hydrogen) atoms. The summed E-state index contributed by atoms with van der Waals surface area (Å²) >= 11 is 0.715. The van der Waals surface area contributed by atoms with Crippen LogP contribution in [0.5, 0.6) is 5.75 Å². The first-order chi connectivity index (χ1) is 14.5. The van der Waals surface area contributed by atoms with Gasteiger partial charge in [-0.25, -0.2) is 4.79 Å². The molecule has 1 N–H and O–H groups in total. The number of hydrogen-bond acceptors (Lipinski definition) is 6. The van der Waals surface area contributed by atoms with Gasteiger partial charge in [0.15, 0.2) is 0 Å². The van der Waals surface area contributed by atoms with E-state index in [9.17, 15) is 14.4 Å². The van der Waals surface area contributed by atoms with Crippen LogP contribution in [-0.4, -0.2) is 83.8 Å². The zero-order valence-corrected chi connectivity index (χ0v) is 17.5. The molecular formula is C22H25N2NaO5S. The van der Waals surface area contributed by atoms with Crippen LogP contribution in [-0.2, 0) is 22.4 Å². The molecule has 1 atom stereocenters. The average molecular weight is 453 g/mol. The van der Waals surface area contributed by atoms with Crippen molar-refractivity contribution in [2.75, 3.05) is 26.8 Å². The van der Waals surface area contributed by atoms with E-state index in [-0.39, 0.29) is 46.0 Å². The molecule has 1 saturated heterocycles. The Balaban J connectivity index is 0.00000341. The second-order valence-corrected chi connectivity index (χ2v) is 7.85. The van der Waals surface area contributed by atoms with Gasteiger partial charge in [0.2, 0.25) is 5.12 Å². The van der Waals surface area contributed by atoms with Gasteiger partial charge in [-0.05, 0) is 23.3 Å². The minimum atomic E-state index is -0.476. The Bertz CT molecular complexity index is 879. The summed E-state index contributed by atoms with van der Waals surface area (Å²) in [7, 11) is 1.67. The maximum absolute atomic E-state index is 12.0. The zero-order chi connectivity index (χ0) is 21.3. The third-order valence-corrected chi connectivity index (χ3v) is 5.39. The number of rotatable bonds is 9. The van der Waals surface area contributed by atoms with Crippen molar-refractivity contribution in [3.05, 3.63) is 65.7 Å². The molecule has 1 unspecified atom stereocenters. The molecule has 7 nitrogen and oxygen atoms in total. The number of carbonyl (C=O) groups excluding carboxylic acids is 3. The molecule has 0 saturated carbocycles. The summed E-state index contributed by atoms with van der Waals surface area (Å²) in [4.78, 5) is 36.4. The topological polar surface area (TPSA) is 84.9 Å². The Morgan fingerprint density at radius 3 is 2.39 bits per heavy atom. The number of nitrogens with zero attached hydrogens (tertiary/aromatic N) is 1. The van der Waals surface area contributed by atoms with Crippen LogP contribution in [0.25, 0.3) is 0 Å². The predicted molar refractivity (Wildman–Crippen MR) is 122 cm³/mol. The average Bonchev–Trinajstić information content (AvgIpc) is 3.06. The molecule has 1 aliphatic rings. The van der Waals surface area contributed by atoms with Gasteiger partial charge < -0.3 is 19.7 Å². The fourth-order valence-corrected chi connectivity index (χ4v) is 3.56. The van der Waals surface area contributed by atoms with E-state index in [1.165, 1.54) is 4.90 Å². The molecule has 160 valence electrons. The van der Waals surface area contributed by atoms with Crippen LogP contribution in [0.2, 0.25) is 0 Å². The molecule has 0 radical (unpaired) electrons. The minimum absolute atomic E-state index is 0. The SMILES string of the molecule is CN(CCOc1ccc(CC2NC(=O)SC2=O)cc1)C(=O)OCCc1ccccc1.[NaH]. The van der Waals surface area contributed by atoms with Crippen LogP contribution < -0.4 is 10.1 Å². The van der Waals surface area contributed by atoms with Crippen LogP contribution in [0.1, 0.15) is 11.1 Å². The third-order valence-electron chi connectivity index (χ3n) is 4.60. The van der Waals surface area contributed by atoms with Crippen LogP contribution in [0.15, 0.2) is 54.6 Å². The normalized spacial score (nSPS) is 15.1. The number of carbonyl (C=O) groups is 3. The van der Waals surface area contributed by atoms with Crippen LogP contribution in [0.4, 0.5) is 9.59 Å². The van der Waals surface area contributed by atoms with Gasteiger partial charge in [0.25, 0.3) is 5.24 Å². The number of hydrogen-bond donors (Lipinski definition) is 1. The Labute approximate surface area is 208 Å². The summed E-state index contributed by atoms with van der Waals surface area (Å²) in [5.41, 5.74) is 2.06. The molecule has 2 aromatic rings. The van der Waals surface area contributed by atoms with Gasteiger partial charge in [0, 0.05) is 31.7 Å². The van der Waals surface area contributed by atoms with E-state index in [1.54, 1.807) is 7.05 Å². The van der Waals surface area contributed by atoms with Gasteiger partial charge in [0.05, 0.1) is 13.2 Å². The quantitative estimate of drug-likeness (QED) is 0.589. The van der Waals surface area contributed by atoms with Crippen molar-refractivity contribution in [1.29, 1.82) is 0 Å². The van der Waals surface area contributed by atoms with E-state index >= 15 is 0 Å². The first kappa shape index (κ1) is 25.3. The van der Waals surface area contributed by atoms with Gasteiger partial charge in [-0.15, -0.1) is 0 Å². The second kappa shape index (κ2) is 12.8. The van der Waals surface area contributed by atoms with Crippen LogP contribution in [0, 0.1) is 0 Å². The summed E-state index contributed by atoms with van der Waals surface area (Å²) in [6, 6.07) is 16.7. The number of likely N-dealkylation sites (N-methyl/N-ethyl adjacent to an activating group) is 1. The molecule has 2 aromatic carbocycles. The van der Waals surface area contributed by atoms with E-state index in [0.717, 1.165) is 11.1 Å². The molecular weight excluding hydrogens is 427 g/mol. The van der Waals surface area contributed by atoms with E-state index in [1.807, 2.05) is 54.6 Å². The van der Waals surface area contributed by atoms with E-state index < -0.39 is 6.04 Å². The van der Waals surface area contributed by atoms with Crippen LogP contribution >= 0.6 is 11.8 Å². The molecule has 0 aromatic heterocycles. The Hall–Kier alpha value is -2.00. The summed E-state index contributed by atoms with van der Waals surface area (Å²) in [6.07, 6.45) is 0.749. The van der Waals surface area contributed by atoms with Gasteiger partial charge >= 0.3 is 35.7 Å². The molecule has 0 spiro atoms. The first-order valence-electron chi connectivity index (χ1n) is 9.67. The van der Waals surface area contributed by atoms with Crippen molar-refractivity contribution in [3.63, 3.8) is 0 Å². The molecule has 9 heteroatoms. The summed E-state index contributed by atoms with van der Waals surface area (Å²) < 4.78 is 11.0. The Kier molecular flexibility index (Phi) is 10.4. The van der Waals surface area contributed by atoms with E-state index in [2.05, 4.69) is 5.32 Å².